The molecule has 0 radical (unpaired) electrons. The summed E-state index contributed by atoms with van der Waals surface area (Å²) in [4.78, 5) is 53.3. The van der Waals surface area contributed by atoms with E-state index in [2.05, 4.69) is 10.6 Å². The Morgan fingerprint density at radius 3 is 2.35 bits per heavy atom. The first kappa shape index (κ1) is 27.5. The number of hydrogen-bond donors (Lipinski definition) is 4. The largest absolute Gasteiger partial charge is 0.508 e. The predicted octanol–water partition coefficient (Wildman–Crippen LogP) is 3.14. The summed E-state index contributed by atoms with van der Waals surface area (Å²) in [6.45, 7) is 6.85. The van der Waals surface area contributed by atoms with Crippen molar-refractivity contribution in [1.29, 1.82) is 0 Å². The van der Waals surface area contributed by atoms with E-state index in [9.17, 15) is 24.3 Å². The lowest BCUT2D eigenvalue weighted by molar-refractivity contribution is -0.142. The van der Waals surface area contributed by atoms with Gasteiger partial charge in [-0.2, -0.15) is 0 Å². The maximum Gasteiger partial charge on any atom is 0.408 e. The third-order valence-corrected chi connectivity index (χ3v) is 5.70. The van der Waals surface area contributed by atoms with Gasteiger partial charge in [0, 0.05) is 11.7 Å². The molecule has 0 heterocycles. The number of nitrogens with zero attached hydrogens (tertiary/aromatic N) is 1. The third-order valence-electron chi connectivity index (χ3n) is 5.70. The van der Waals surface area contributed by atoms with Crippen LogP contribution in [0.1, 0.15) is 57.2 Å². The van der Waals surface area contributed by atoms with Gasteiger partial charge in [-0.05, 0) is 69.9 Å². The van der Waals surface area contributed by atoms with Crippen LogP contribution < -0.4 is 16.4 Å². The highest BCUT2D eigenvalue weighted by atomic mass is 16.6. The molecule has 10 nitrogen and oxygen atoms in total. The van der Waals surface area contributed by atoms with Crippen molar-refractivity contribution in [2.75, 3.05) is 5.32 Å². The molecule has 5 N–H and O–H groups in total. The molecule has 2 aromatic carbocycles. The lowest BCUT2D eigenvalue weighted by atomic mass is 10.0. The standard InChI is InChI=1S/C27H34N4O6/c1-16-8-5-6-11-20(16)29-24(34)23(17-9-7-10-19(32)14-17)31(18-12-13-18)25(35)21(15-22(28)33)30-26(36)37-27(2,3)4/h5-11,14,18,21,23,32H,12-13,15H2,1-4H3,(H2,28,33)(H,29,34)(H,30,36). The highest BCUT2D eigenvalue weighted by Crippen LogP contribution is 2.37. The van der Waals surface area contributed by atoms with E-state index < -0.39 is 47.9 Å². The van der Waals surface area contributed by atoms with Gasteiger partial charge in [0.05, 0.1) is 6.42 Å². The number of aryl methyl sites for hydroxylation is 1. The molecule has 4 amide bonds. The van der Waals surface area contributed by atoms with E-state index >= 15 is 0 Å². The van der Waals surface area contributed by atoms with Gasteiger partial charge in [-0.3, -0.25) is 14.4 Å². The summed E-state index contributed by atoms with van der Waals surface area (Å²) >= 11 is 0. The highest BCUT2D eigenvalue weighted by molar-refractivity contribution is 6.00. The molecular weight excluding hydrogens is 476 g/mol. The fraction of sp³-hybridized carbons (Fsp3) is 0.407. The van der Waals surface area contributed by atoms with Gasteiger partial charge in [-0.1, -0.05) is 30.3 Å². The number of aromatic hydroxyl groups is 1. The summed E-state index contributed by atoms with van der Waals surface area (Å²) in [7, 11) is 0. The second-order valence-corrected chi connectivity index (χ2v) is 10.1. The number of ether oxygens (including phenoxy) is 1. The van der Waals surface area contributed by atoms with Crippen LogP contribution in [0.2, 0.25) is 0 Å². The van der Waals surface area contributed by atoms with Crippen molar-refractivity contribution in [3.8, 4) is 5.75 Å². The minimum absolute atomic E-state index is 0.0741. The molecule has 2 atom stereocenters. The number of carbonyl (C=O) groups is 4. The van der Waals surface area contributed by atoms with Gasteiger partial charge in [0.2, 0.25) is 11.8 Å². The summed E-state index contributed by atoms with van der Waals surface area (Å²) in [5.41, 5.74) is 6.34. The van der Waals surface area contributed by atoms with Crippen molar-refractivity contribution in [3.63, 3.8) is 0 Å². The Labute approximate surface area is 216 Å². The average molecular weight is 511 g/mol. The normalized spacial score (nSPS) is 14.7. The van der Waals surface area contributed by atoms with Crippen LogP contribution in [0.5, 0.6) is 5.75 Å². The van der Waals surface area contributed by atoms with Crippen molar-refractivity contribution in [2.45, 2.75) is 70.7 Å². The molecule has 10 heteroatoms. The highest BCUT2D eigenvalue weighted by Gasteiger charge is 2.44. The van der Waals surface area contributed by atoms with Crippen LogP contribution in [0.15, 0.2) is 48.5 Å². The van der Waals surface area contributed by atoms with Crippen molar-refractivity contribution >= 4 is 29.5 Å². The summed E-state index contributed by atoms with van der Waals surface area (Å²) in [6, 6.07) is 10.5. The molecule has 1 fully saturated rings. The molecule has 37 heavy (non-hydrogen) atoms. The Morgan fingerprint density at radius 1 is 1.11 bits per heavy atom. The number of nitrogens with one attached hydrogen (secondary N) is 2. The maximum atomic E-state index is 13.9. The van der Waals surface area contributed by atoms with Crippen LogP contribution in [-0.4, -0.2) is 51.5 Å². The number of benzene rings is 2. The number of primary amides is 1. The first-order valence-electron chi connectivity index (χ1n) is 12.1. The summed E-state index contributed by atoms with van der Waals surface area (Å²) in [6.07, 6.45) is -0.0998. The Hall–Kier alpha value is -4.08. The number of amides is 4. The molecule has 1 aliphatic rings. The SMILES string of the molecule is Cc1ccccc1NC(=O)C(c1cccc(O)c1)N(C(=O)C(CC(N)=O)NC(=O)OC(C)(C)C)C1CC1. The van der Waals surface area contributed by atoms with Gasteiger partial charge in [-0.25, -0.2) is 4.79 Å². The van der Waals surface area contributed by atoms with Crippen molar-refractivity contribution in [3.05, 3.63) is 59.7 Å². The van der Waals surface area contributed by atoms with Gasteiger partial charge in [0.25, 0.3) is 5.91 Å². The lowest BCUT2D eigenvalue weighted by Gasteiger charge is -2.34. The third kappa shape index (κ3) is 7.70. The van der Waals surface area contributed by atoms with E-state index in [-0.39, 0.29) is 11.8 Å². The fourth-order valence-corrected chi connectivity index (χ4v) is 3.95. The maximum absolute atomic E-state index is 13.9. The number of hydrogen-bond acceptors (Lipinski definition) is 6. The molecule has 0 spiro atoms. The summed E-state index contributed by atoms with van der Waals surface area (Å²) < 4.78 is 5.27. The van der Waals surface area contributed by atoms with Crippen LogP contribution in [0.25, 0.3) is 0 Å². The van der Waals surface area contributed by atoms with Crippen LogP contribution >= 0.6 is 0 Å². The second-order valence-electron chi connectivity index (χ2n) is 10.1. The quantitative estimate of drug-likeness (QED) is 0.407. The molecule has 0 bridgehead atoms. The minimum Gasteiger partial charge on any atom is -0.508 e. The topological polar surface area (TPSA) is 151 Å². The number of phenolic OH excluding ortho intramolecular Hbond substituents is 1. The predicted molar refractivity (Wildman–Crippen MR) is 137 cm³/mol. The van der Waals surface area contributed by atoms with Crippen LogP contribution in [0.3, 0.4) is 0 Å². The summed E-state index contributed by atoms with van der Waals surface area (Å²) in [5.74, 6) is -2.03. The number of carbonyl (C=O) groups excluding carboxylic acids is 4. The Bertz CT molecular complexity index is 1170. The molecule has 1 aliphatic carbocycles. The van der Waals surface area contributed by atoms with Crippen molar-refractivity contribution in [2.24, 2.45) is 5.73 Å². The zero-order valence-corrected chi connectivity index (χ0v) is 21.5. The Morgan fingerprint density at radius 2 is 1.78 bits per heavy atom. The number of anilines is 1. The molecular formula is C27H34N4O6. The van der Waals surface area contributed by atoms with Gasteiger partial charge in [0.15, 0.2) is 0 Å². The van der Waals surface area contributed by atoms with E-state index in [1.54, 1.807) is 45.0 Å². The van der Waals surface area contributed by atoms with Crippen molar-refractivity contribution < 1.29 is 29.0 Å². The van der Waals surface area contributed by atoms with Crippen LogP contribution in [0, 0.1) is 6.92 Å². The Balaban J connectivity index is 2.00. The van der Waals surface area contributed by atoms with Crippen LogP contribution in [0.4, 0.5) is 10.5 Å². The lowest BCUT2D eigenvalue weighted by Crippen LogP contribution is -2.54. The van der Waals surface area contributed by atoms with Gasteiger partial charge in [-0.15, -0.1) is 0 Å². The minimum atomic E-state index is -1.35. The molecule has 2 unspecified atom stereocenters. The first-order valence-corrected chi connectivity index (χ1v) is 12.1. The molecule has 0 saturated heterocycles. The van der Waals surface area contributed by atoms with Gasteiger partial charge < -0.3 is 31.1 Å². The number of para-hydroxylation sites is 1. The number of nitrogens with two attached hydrogens (primary N) is 1. The smallest absolute Gasteiger partial charge is 0.408 e. The molecule has 198 valence electrons. The van der Waals surface area contributed by atoms with Gasteiger partial charge in [0.1, 0.15) is 23.4 Å². The van der Waals surface area contributed by atoms with E-state index in [4.69, 9.17) is 10.5 Å². The second kappa shape index (κ2) is 11.3. The Kier molecular flexibility index (Phi) is 8.42. The fourth-order valence-electron chi connectivity index (χ4n) is 3.95. The molecule has 0 aliphatic heterocycles. The number of phenols is 1. The zero-order valence-electron chi connectivity index (χ0n) is 21.5. The van der Waals surface area contributed by atoms with Crippen molar-refractivity contribution in [1.82, 2.24) is 10.2 Å². The van der Waals surface area contributed by atoms with E-state index in [1.807, 2.05) is 19.1 Å². The molecule has 2 aromatic rings. The van der Waals surface area contributed by atoms with E-state index in [0.29, 0.717) is 24.1 Å². The average Bonchev–Trinajstić information content (AvgIpc) is 3.61. The number of rotatable bonds is 9. The molecule has 3 rings (SSSR count). The monoisotopic (exact) mass is 510 g/mol. The van der Waals surface area contributed by atoms with E-state index in [0.717, 1.165) is 5.56 Å². The summed E-state index contributed by atoms with van der Waals surface area (Å²) in [5, 5.41) is 15.5. The first-order chi connectivity index (χ1) is 17.4. The zero-order chi connectivity index (χ0) is 27.3. The number of alkyl carbamates (subject to hydrolysis) is 1. The van der Waals surface area contributed by atoms with Crippen LogP contribution in [-0.2, 0) is 19.1 Å². The molecule has 0 aromatic heterocycles. The molecule has 1 saturated carbocycles. The van der Waals surface area contributed by atoms with Gasteiger partial charge >= 0.3 is 6.09 Å². The van der Waals surface area contributed by atoms with E-state index in [1.165, 1.54) is 17.0 Å².